The van der Waals surface area contributed by atoms with Gasteiger partial charge in [-0.3, -0.25) is 0 Å². The Labute approximate surface area is 213 Å². The zero-order chi connectivity index (χ0) is 24.2. The number of hydrogen-bond donors (Lipinski definition) is 2. The number of aryl methyl sites for hydroxylation is 2. The Balaban J connectivity index is 1.23. The van der Waals surface area contributed by atoms with Crippen LogP contribution in [0.1, 0.15) is 61.4 Å². The van der Waals surface area contributed by atoms with E-state index in [9.17, 15) is 0 Å². The lowest BCUT2D eigenvalue weighted by Gasteiger charge is -2.52. The molecule has 2 atom stereocenters. The molecule has 5 aliphatic rings. The van der Waals surface area contributed by atoms with E-state index in [4.69, 9.17) is 0 Å². The predicted molar refractivity (Wildman–Crippen MR) is 146 cm³/mol. The number of nitrogens with zero attached hydrogens (tertiary/aromatic N) is 2. The summed E-state index contributed by atoms with van der Waals surface area (Å²) in [5, 5.41) is 0. The summed E-state index contributed by atoms with van der Waals surface area (Å²) in [5.41, 5.74) is 11.0. The van der Waals surface area contributed by atoms with Crippen LogP contribution in [0.25, 0.3) is 22.4 Å². The average molecular weight is 475 g/mol. The second-order valence-corrected chi connectivity index (χ2v) is 11.2. The van der Waals surface area contributed by atoms with Crippen molar-refractivity contribution < 1.29 is 0 Å². The highest BCUT2D eigenvalue weighted by Gasteiger charge is 2.48. The number of benzene rings is 1. The van der Waals surface area contributed by atoms with Gasteiger partial charge in [-0.25, -0.2) is 9.97 Å². The van der Waals surface area contributed by atoms with E-state index in [2.05, 4.69) is 68.5 Å². The zero-order valence-corrected chi connectivity index (χ0v) is 21.2. The molecular weight excluding hydrogens is 440 g/mol. The fourth-order valence-electron chi connectivity index (χ4n) is 7.45. The summed E-state index contributed by atoms with van der Waals surface area (Å²) in [5.74, 6) is 4.91. The molecule has 2 N–H and O–H groups in total. The van der Waals surface area contributed by atoms with Crippen LogP contribution in [0.4, 0.5) is 0 Å². The molecule has 8 rings (SSSR count). The number of H-pyrrole nitrogens is 2. The van der Waals surface area contributed by atoms with E-state index in [0.717, 1.165) is 42.0 Å². The number of aromatic nitrogens is 4. The molecular formula is C32H34N4. The van der Waals surface area contributed by atoms with Gasteiger partial charge in [0, 0.05) is 0 Å². The maximum atomic E-state index is 4.40. The molecule has 4 nitrogen and oxygen atoms in total. The smallest absolute Gasteiger partial charge is 0.103 e. The fourth-order valence-corrected chi connectivity index (χ4v) is 7.45. The third-order valence-electron chi connectivity index (χ3n) is 9.18. The first-order valence-electron chi connectivity index (χ1n) is 13.6. The van der Waals surface area contributed by atoms with E-state index >= 15 is 0 Å². The number of rotatable bonds is 4. The first-order chi connectivity index (χ1) is 17.6. The number of imidazole rings is 2. The van der Waals surface area contributed by atoms with Crippen molar-refractivity contribution in [2.45, 2.75) is 52.4 Å². The van der Waals surface area contributed by atoms with Crippen molar-refractivity contribution in [3.63, 3.8) is 0 Å². The highest BCUT2D eigenvalue weighted by atomic mass is 14.9. The number of allylic oxidation sites excluding steroid dienone is 8. The summed E-state index contributed by atoms with van der Waals surface area (Å²) in [4.78, 5) is 15.5. The predicted octanol–water partition coefficient (Wildman–Crippen LogP) is 7.60. The lowest BCUT2D eigenvalue weighted by Crippen LogP contribution is -2.42. The van der Waals surface area contributed by atoms with Crippen LogP contribution in [0, 0.1) is 37.5 Å². The highest BCUT2D eigenvalue weighted by Crippen LogP contribution is 2.58. The molecule has 3 fully saturated rings. The lowest BCUT2D eigenvalue weighted by atomic mass is 9.52. The van der Waals surface area contributed by atoms with E-state index in [1.807, 2.05) is 26.2 Å². The largest absolute Gasteiger partial charge is 0.343 e. The molecule has 3 saturated carbocycles. The molecule has 182 valence electrons. The Morgan fingerprint density at radius 3 is 1.72 bits per heavy atom. The summed E-state index contributed by atoms with van der Waals surface area (Å²) in [6.45, 7) is 4.03. The van der Waals surface area contributed by atoms with Crippen molar-refractivity contribution in [1.82, 2.24) is 19.9 Å². The molecule has 0 aliphatic heterocycles. The lowest BCUT2D eigenvalue weighted by molar-refractivity contribution is 0.0775. The Bertz CT molecular complexity index is 1420. The molecule has 36 heavy (non-hydrogen) atoms. The number of fused-ring (bicyclic) bond motifs is 2. The minimum atomic E-state index is 0.652. The van der Waals surface area contributed by atoms with Gasteiger partial charge in [-0.05, 0) is 109 Å². The van der Waals surface area contributed by atoms with E-state index in [1.165, 1.54) is 48.1 Å². The van der Waals surface area contributed by atoms with Gasteiger partial charge in [-0.1, -0.05) is 48.6 Å². The van der Waals surface area contributed by atoms with Gasteiger partial charge in [-0.15, -0.1) is 0 Å². The van der Waals surface area contributed by atoms with Gasteiger partial charge in [0.15, 0.2) is 0 Å². The molecule has 4 heteroatoms. The molecule has 0 spiro atoms. The highest BCUT2D eigenvalue weighted by molar-refractivity contribution is 5.75. The summed E-state index contributed by atoms with van der Waals surface area (Å²) < 4.78 is 0. The van der Waals surface area contributed by atoms with Crippen LogP contribution in [0.5, 0.6) is 0 Å². The Hall–Kier alpha value is -3.40. The van der Waals surface area contributed by atoms with Crippen LogP contribution >= 0.6 is 0 Å². The molecule has 2 bridgehead atoms. The van der Waals surface area contributed by atoms with Crippen LogP contribution in [-0.2, 0) is 0 Å². The quantitative estimate of drug-likeness (QED) is 0.409. The van der Waals surface area contributed by atoms with Crippen LogP contribution < -0.4 is 0 Å². The van der Waals surface area contributed by atoms with Gasteiger partial charge in [0.2, 0.25) is 0 Å². The van der Waals surface area contributed by atoms with Crippen molar-refractivity contribution in [1.29, 1.82) is 0 Å². The summed E-state index contributed by atoms with van der Waals surface area (Å²) in [7, 11) is 0. The topological polar surface area (TPSA) is 57.4 Å². The van der Waals surface area contributed by atoms with E-state index in [-0.39, 0.29) is 0 Å². The first-order valence-corrected chi connectivity index (χ1v) is 13.6. The van der Waals surface area contributed by atoms with Gasteiger partial charge < -0.3 is 9.97 Å². The zero-order valence-electron chi connectivity index (χ0n) is 21.2. The van der Waals surface area contributed by atoms with Crippen molar-refractivity contribution in [3.05, 3.63) is 95.0 Å². The Morgan fingerprint density at radius 1 is 0.611 bits per heavy atom. The first kappa shape index (κ1) is 21.8. The Kier molecular flexibility index (Phi) is 5.23. The van der Waals surface area contributed by atoms with Gasteiger partial charge in [-0.2, -0.15) is 0 Å². The number of hydrogen-bond acceptors (Lipinski definition) is 2. The molecule has 2 unspecified atom stereocenters. The molecule has 3 aromatic rings. The van der Waals surface area contributed by atoms with Crippen LogP contribution in [0.2, 0.25) is 0 Å². The van der Waals surface area contributed by atoms with Gasteiger partial charge >= 0.3 is 0 Å². The third-order valence-corrected chi connectivity index (χ3v) is 9.18. The van der Waals surface area contributed by atoms with Crippen molar-refractivity contribution in [3.8, 4) is 11.3 Å². The van der Waals surface area contributed by atoms with E-state index in [1.54, 1.807) is 16.7 Å². The van der Waals surface area contributed by atoms with Crippen LogP contribution in [0.15, 0.2) is 72.1 Å². The summed E-state index contributed by atoms with van der Waals surface area (Å²) >= 11 is 0. The molecule has 0 saturated heterocycles. The maximum Gasteiger partial charge on any atom is 0.103 e. The molecule has 2 aromatic heterocycles. The van der Waals surface area contributed by atoms with Gasteiger partial charge in [0.05, 0.1) is 23.8 Å². The monoisotopic (exact) mass is 474 g/mol. The minimum absolute atomic E-state index is 0.652. The second-order valence-electron chi connectivity index (χ2n) is 11.2. The van der Waals surface area contributed by atoms with Crippen LogP contribution in [-0.4, -0.2) is 19.9 Å². The standard InChI is InChI=1S/C32H34N4/c1-19-33-17-29(35-19)23-7-3-21(4-8-23)27-15-16-28(32-26-13-11-25(12-14-26)31(27)32)22-5-9-24(10-6-22)30-18-34-20(2)36-30/h3-5,7-9,15-18,25-26,31-32H,6,10-14H2,1-2H3,(H,33,35)(H,34,36). The normalized spacial score (nSPS) is 27.2. The summed E-state index contributed by atoms with van der Waals surface area (Å²) in [6.07, 6.45) is 21.4. The van der Waals surface area contributed by atoms with E-state index < -0.39 is 0 Å². The van der Waals surface area contributed by atoms with Crippen molar-refractivity contribution in [2.24, 2.45) is 23.7 Å². The number of aromatic amines is 2. The minimum Gasteiger partial charge on any atom is -0.343 e. The van der Waals surface area contributed by atoms with Crippen LogP contribution in [0.3, 0.4) is 0 Å². The fraction of sp³-hybridized carbons (Fsp3) is 0.375. The molecule has 5 aliphatic carbocycles. The van der Waals surface area contributed by atoms with Crippen molar-refractivity contribution in [2.75, 3.05) is 0 Å². The maximum absolute atomic E-state index is 4.40. The molecule has 0 radical (unpaired) electrons. The summed E-state index contributed by atoms with van der Waals surface area (Å²) in [6, 6.07) is 9.17. The molecule has 2 heterocycles. The average Bonchev–Trinajstić information content (AvgIpc) is 3.57. The van der Waals surface area contributed by atoms with Gasteiger partial charge in [0.25, 0.3) is 0 Å². The SMILES string of the molecule is Cc1ncc(C2=CC=C(C3=CC=C(c4ccc(-c5cnc(C)[nH]5)cc4)C4C5CCC(CC5)C34)CC2)[nH]1. The molecule has 1 aromatic carbocycles. The van der Waals surface area contributed by atoms with E-state index in [0.29, 0.717) is 11.8 Å². The Morgan fingerprint density at radius 2 is 1.14 bits per heavy atom. The number of nitrogens with one attached hydrogen (secondary N) is 2. The van der Waals surface area contributed by atoms with Gasteiger partial charge in [0.1, 0.15) is 11.6 Å². The molecule has 0 amide bonds. The third kappa shape index (κ3) is 3.66. The second kappa shape index (κ2) is 8.62. The van der Waals surface area contributed by atoms with Crippen molar-refractivity contribution >= 4 is 11.1 Å².